The molecule has 2 N–H and O–H groups in total. The molecule has 3 rings (SSSR count). The van der Waals surface area contributed by atoms with E-state index in [-0.39, 0.29) is 23.7 Å². The molecule has 0 aromatic heterocycles. The molecule has 1 fully saturated rings. The van der Waals surface area contributed by atoms with Crippen LogP contribution in [0.25, 0.3) is 0 Å². The third-order valence-corrected chi connectivity index (χ3v) is 5.45. The van der Waals surface area contributed by atoms with Crippen LogP contribution >= 0.6 is 0 Å². The lowest BCUT2D eigenvalue weighted by Crippen LogP contribution is -2.32. The van der Waals surface area contributed by atoms with E-state index in [1.54, 1.807) is 32.4 Å². The molecule has 2 aromatic carbocycles. The van der Waals surface area contributed by atoms with E-state index in [1.165, 1.54) is 0 Å². The molecule has 2 amide bonds. The normalized spacial score (nSPS) is 18.6. The molecule has 1 saturated carbocycles. The average Bonchev–Trinajstić information content (AvgIpc) is 2.75. The quantitative estimate of drug-likeness (QED) is 0.759. The summed E-state index contributed by atoms with van der Waals surface area (Å²) in [6.07, 6.45) is 2.77. The molecule has 1 aliphatic carbocycles. The Morgan fingerprint density at radius 1 is 0.828 bits per heavy atom. The van der Waals surface area contributed by atoms with Crippen LogP contribution in [-0.4, -0.2) is 26.0 Å². The van der Waals surface area contributed by atoms with Crippen LogP contribution in [0.3, 0.4) is 0 Å². The molecular weight excluding hydrogens is 368 g/mol. The van der Waals surface area contributed by atoms with Crippen molar-refractivity contribution in [1.29, 1.82) is 0 Å². The molecule has 6 nitrogen and oxygen atoms in total. The molecule has 154 valence electrons. The van der Waals surface area contributed by atoms with E-state index in [9.17, 15) is 9.59 Å². The minimum atomic E-state index is -0.116. The highest BCUT2D eigenvalue weighted by atomic mass is 16.5. The lowest BCUT2D eigenvalue weighted by atomic mass is 9.81. The van der Waals surface area contributed by atoms with Crippen molar-refractivity contribution < 1.29 is 19.1 Å². The van der Waals surface area contributed by atoms with Crippen LogP contribution in [0.1, 0.15) is 31.2 Å². The number of amides is 2. The minimum Gasteiger partial charge on any atom is -0.497 e. The first-order valence-corrected chi connectivity index (χ1v) is 9.90. The first-order valence-electron chi connectivity index (χ1n) is 9.90. The molecule has 0 bridgehead atoms. The Labute approximate surface area is 171 Å². The van der Waals surface area contributed by atoms with Gasteiger partial charge in [0.15, 0.2) is 0 Å². The van der Waals surface area contributed by atoms with E-state index in [0.29, 0.717) is 42.9 Å². The number of anilines is 2. The van der Waals surface area contributed by atoms with Crippen molar-refractivity contribution in [2.24, 2.45) is 11.8 Å². The molecule has 0 spiro atoms. The van der Waals surface area contributed by atoms with Gasteiger partial charge in [0.05, 0.1) is 19.9 Å². The second-order valence-electron chi connectivity index (χ2n) is 7.46. The Morgan fingerprint density at radius 2 is 1.41 bits per heavy atom. The number of nitrogens with one attached hydrogen (secondary N) is 2. The fourth-order valence-electron chi connectivity index (χ4n) is 3.65. The van der Waals surface area contributed by atoms with Gasteiger partial charge in [-0.3, -0.25) is 9.59 Å². The van der Waals surface area contributed by atoms with Gasteiger partial charge in [-0.15, -0.1) is 0 Å². The monoisotopic (exact) mass is 396 g/mol. The number of benzene rings is 2. The summed E-state index contributed by atoms with van der Waals surface area (Å²) in [5, 5.41) is 5.93. The molecule has 0 saturated heterocycles. The maximum absolute atomic E-state index is 12.7. The zero-order valence-electron chi connectivity index (χ0n) is 17.2. The number of carbonyl (C=O) groups is 2. The van der Waals surface area contributed by atoms with Crippen molar-refractivity contribution in [2.45, 2.75) is 32.6 Å². The van der Waals surface area contributed by atoms with Crippen molar-refractivity contribution >= 4 is 23.2 Å². The topological polar surface area (TPSA) is 76.7 Å². The Morgan fingerprint density at radius 3 is 1.97 bits per heavy atom. The van der Waals surface area contributed by atoms with Gasteiger partial charge in [0.2, 0.25) is 11.8 Å². The molecule has 2 aromatic rings. The van der Waals surface area contributed by atoms with Gasteiger partial charge in [0.1, 0.15) is 11.5 Å². The van der Waals surface area contributed by atoms with Gasteiger partial charge >= 0.3 is 0 Å². The van der Waals surface area contributed by atoms with E-state index < -0.39 is 0 Å². The standard InChI is InChI=1S/C23H28N2O4/c1-15-4-10-18(11-5-15)24-22(26)16-6-8-17(9-7-16)23(27)25-20-14-19(28-2)12-13-21(20)29-3/h4-5,10-14,16-17H,6-9H2,1-3H3,(H,24,26)(H,25,27). The van der Waals surface area contributed by atoms with Gasteiger partial charge in [-0.05, 0) is 56.9 Å². The molecule has 0 aliphatic heterocycles. The highest BCUT2D eigenvalue weighted by Gasteiger charge is 2.30. The fourth-order valence-corrected chi connectivity index (χ4v) is 3.65. The number of methoxy groups -OCH3 is 2. The van der Waals surface area contributed by atoms with E-state index >= 15 is 0 Å². The number of hydrogen-bond donors (Lipinski definition) is 2. The van der Waals surface area contributed by atoms with Crippen LogP contribution in [0.4, 0.5) is 11.4 Å². The van der Waals surface area contributed by atoms with Crippen LogP contribution < -0.4 is 20.1 Å². The van der Waals surface area contributed by atoms with Crippen LogP contribution in [0.15, 0.2) is 42.5 Å². The number of carbonyl (C=O) groups excluding carboxylic acids is 2. The Kier molecular flexibility index (Phi) is 6.75. The summed E-state index contributed by atoms with van der Waals surface area (Å²) < 4.78 is 10.5. The highest BCUT2D eigenvalue weighted by molar-refractivity contribution is 5.95. The third kappa shape index (κ3) is 5.28. The maximum Gasteiger partial charge on any atom is 0.227 e. The summed E-state index contributed by atoms with van der Waals surface area (Å²) in [5.41, 5.74) is 2.56. The summed E-state index contributed by atoms with van der Waals surface area (Å²) in [5.74, 6) is 1.04. The summed E-state index contributed by atoms with van der Waals surface area (Å²) in [6.45, 7) is 2.01. The predicted molar refractivity (Wildman–Crippen MR) is 113 cm³/mol. The third-order valence-electron chi connectivity index (χ3n) is 5.45. The molecule has 6 heteroatoms. The van der Waals surface area contributed by atoms with E-state index in [4.69, 9.17) is 9.47 Å². The molecule has 0 radical (unpaired) electrons. The van der Waals surface area contributed by atoms with Crippen molar-refractivity contribution in [1.82, 2.24) is 0 Å². The second-order valence-corrected chi connectivity index (χ2v) is 7.46. The number of ether oxygens (including phenoxy) is 2. The SMILES string of the molecule is COc1ccc(OC)c(NC(=O)C2CCC(C(=O)Nc3ccc(C)cc3)CC2)c1. The van der Waals surface area contributed by atoms with E-state index in [2.05, 4.69) is 10.6 Å². The van der Waals surface area contributed by atoms with Crippen LogP contribution in [0.5, 0.6) is 11.5 Å². The lowest BCUT2D eigenvalue weighted by Gasteiger charge is -2.27. The number of aryl methyl sites for hydroxylation is 1. The zero-order chi connectivity index (χ0) is 20.8. The van der Waals surface area contributed by atoms with Gasteiger partial charge in [0, 0.05) is 23.6 Å². The molecule has 0 heterocycles. The van der Waals surface area contributed by atoms with Crippen LogP contribution in [0, 0.1) is 18.8 Å². The zero-order valence-corrected chi connectivity index (χ0v) is 17.2. The highest BCUT2D eigenvalue weighted by Crippen LogP contribution is 2.33. The fraction of sp³-hybridized carbons (Fsp3) is 0.391. The smallest absolute Gasteiger partial charge is 0.227 e. The van der Waals surface area contributed by atoms with Crippen molar-refractivity contribution in [3.63, 3.8) is 0 Å². The Hall–Kier alpha value is -3.02. The molecule has 29 heavy (non-hydrogen) atoms. The van der Waals surface area contributed by atoms with Crippen molar-refractivity contribution in [2.75, 3.05) is 24.9 Å². The summed E-state index contributed by atoms with van der Waals surface area (Å²) in [7, 11) is 3.14. The van der Waals surface area contributed by atoms with Gasteiger partial charge in [-0.1, -0.05) is 17.7 Å². The van der Waals surface area contributed by atoms with Gasteiger partial charge < -0.3 is 20.1 Å². The van der Waals surface area contributed by atoms with Gasteiger partial charge in [0.25, 0.3) is 0 Å². The first-order chi connectivity index (χ1) is 14.0. The Balaban J connectivity index is 1.54. The van der Waals surface area contributed by atoms with Gasteiger partial charge in [-0.2, -0.15) is 0 Å². The van der Waals surface area contributed by atoms with E-state index in [1.807, 2.05) is 31.2 Å². The minimum absolute atomic E-state index is 0.0298. The maximum atomic E-state index is 12.7. The number of hydrogen-bond acceptors (Lipinski definition) is 4. The van der Waals surface area contributed by atoms with Crippen LogP contribution in [-0.2, 0) is 9.59 Å². The molecule has 0 unspecified atom stereocenters. The largest absolute Gasteiger partial charge is 0.497 e. The second kappa shape index (κ2) is 9.45. The lowest BCUT2D eigenvalue weighted by molar-refractivity contribution is -0.125. The predicted octanol–water partition coefficient (Wildman–Crippen LogP) is 4.40. The van der Waals surface area contributed by atoms with Crippen molar-refractivity contribution in [3.05, 3.63) is 48.0 Å². The summed E-state index contributed by atoms with van der Waals surface area (Å²) in [6, 6.07) is 13.1. The van der Waals surface area contributed by atoms with Crippen LogP contribution in [0.2, 0.25) is 0 Å². The molecular formula is C23H28N2O4. The average molecular weight is 396 g/mol. The van der Waals surface area contributed by atoms with E-state index in [0.717, 1.165) is 11.3 Å². The van der Waals surface area contributed by atoms with Crippen molar-refractivity contribution in [3.8, 4) is 11.5 Å². The van der Waals surface area contributed by atoms with Gasteiger partial charge in [-0.25, -0.2) is 0 Å². The molecule has 1 aliphatic rings. The summed E-state index contributed by atoms with van der Waals surface area (Å²) in [4.78, 5) is 25.3. The molecule has 0 atom stereocenters. The number of rotatable bonds is 6. The first kappa shape index (κ1) is 20.7. The Bertz CT molecular complexity index is 856. The summed E-state index contributed by atoms with van der Waals surface area (Å²) >= 11 is 0.